The fourth-order valence-corrected chi connectivity index (χ4v) is 4.88. The number of halogens is 1. The van der Waals surface area contributed by atoms with Gasteiger partial charge in [0.05, 0.1) is 20.1 Å². The smallest absolute Gasteiger partial charge is 0.118 e. The molecule has 1 saturated heterocycles. The first-order valence-electron chi connectivity index (χ1n) is 7.65. The van der Waals surface area contributed by atoms with Crippen LogP contribution in [0.15, 0.2) is 11.1 Å². The molecule has 3 atom stereocenters. The van der Waals surface area contributed by atoms with Crippen LogP contribution in [0.25, 0.3) is 0 Å². The molecule has 0 aromatic carbocycles. The van der Waals surface area contributed by atoms with Crippen molar-refractivity contribution in [3.05, 3.63) is 11.1 Å². The van der Waals surface area contributed by atoms with Crippen LogP contribution < -0.4 is 24.0 Å². The van der Waals surface area contributed by atoms with Gasteiger partial charge in [-0.05, 0) is 44.6 Å². The van der Waals surface area contributed by atoms with Gasteiger partial charge >= 0.3 is 0 Å². The van der Waals surface area contributed by atoms with Crippen molar-refractivity contribution in [1.82, 2.24) is 0 Å². The molecule has 0 amide bonds. The minimum atomic E-state index is 0. The predicted molar refractivity (Wildman–Crippen MR) is 72.8 cm³/mol. The number of hydrogen-bond acceptors (Lipinski definition) is 0. The fraction of sp³-hybridized carbons (Fsp3) is 0.875. The standard InChI is InChI=1S/C16H28N.HI/c1-4-13-8-10-16(2)15-7-5-6-14(15)9-11-17(16,3)12-13;/h13H,4-12H2,1-3H3;1H/q+1;/p-1/t13?,16-,17?;/m1./s1. The lowest BCUT2D eigenvalue weighted by atomic mass is 9.72. The second kappa shape index (κ2) is 5.08. The Balaban J connectivity index is 0.00000120. The van der Waals surface area contributed by atoms with Gasteiger partial charge in [-0.15, -0.1) is 0 Å². The van der Waals surface area contributed by atoms with E-state index < -0.39 is 0 Å². The highest BCUT2D eigenvalue weighted by molar-refractivity contribution is 5.30. The Morgan fingerprint density at radius 2 is 2.06 bits per heavy atom. The summed E-state index contributed by atoms with van der Waals surface area (Å²) in [5.74, 6) is 0.983. The van der Waals surface area contributed by atoms with Gasteiger partial charge in [0, 0.05) is 18.8 Å². The monoisotopic (exact) mass is 361 g/mol. The molecular weight excluding hydrogens is 333 g/mol. The molecule has 3 rings (SSSR count). The molecule has 0 aromatic heterocycles. The van der Waals surface area contributed by atoms with Crippen molar-refractivity contribution in [2.45, 2.75) is 64.3 Å². The predicted octanol–water partition coefficient (Wildman–Crippen LogP) is 0.900. The fourth-order valence-electron chi connectivity index (χ4n) is 4.88. The zero-order valence-corrected chi connectivity index (χ0v) is 14.4. The molecule has 1 aliphatic carbocycles. The van der Waals surface area contributed by atoms with E-state index >= 15 is 0 Å². The van der Waals surface area contributed by atoms with E-state index in [0.29, 0.717) is 5.54 Å². The van der Waals surface area contributed by atoms with Gasteiger partial charge in [0.1, 0.15) is 5.54 Å². The minimum absolute atomic E-state index is 0. The summed E-state index contributed by atoms with van der Waals surface area (Å²) in [6, 6.07) is 0. The van der Waals surface area contributed by atoms with E-state index in [0.717, 1.165) is 5.92 Å². The molecule has 0 saturated carbocycles. The van der Waals surface area contributed by atoms with Crippen molar-refractivity contribution in [3.63, 3.8) is 0 Å². The maximum absolute atomic E-state index is 2.58. The van der Waals surface area contributed by atoms with Crippen molar-refractivity contribution < 1.29 is 28.5 Å². The van der Waals surface area contributed by atoms with E-state index in [2.05, 4.69) is 20.9 Å². The number of piperidine rings is 1. The SMILES string of the molecule is CCC1CC[C@]2(C)C3=C(CCC3)CC[N+]2(C)C1.[I-]. The molecule has 2 unspecified atom stereocenters. The number of fused-ring (bicyclic) bond motifs is 2. The Hall–Kier alpha value is 0.430. The van der Waals surface area contributed by atoms with Crippen molar-refractivity contribution in [2.24, 2.45) is 5.92 Å². The number of rotatable bonds is 1. The van der Waals surface area contributed by atoms with Crippen molar-refractivity contribution in [1.29, 1.82) is 0 Å². The lowest BCUT2D eigenvalue weighted by molar-refractivity contribution is -0.961. The highest BCUT2D eigenvalue weighted by Crippen LogP contribution is 2.51. The lowest BCUT2D eigenvalue weighted by Gasteiger charge is -2.57. The third kappa shape index (κ3) is 1.98. The van der Waals surface area contributed by atoms with Gasteiger partial charge in [0.25, 0.3) is 0 Å². The van der Waals surface area contributed by atoms with Gasteiger partial charge in [-0.2, -0.15) is 0 Å². The first-order chi connectivity index (χ1) is 8.09. The Kier molecular flexibility index (Phi) is 4.19. The van der Waals surface area contributed by atoms with Gasteiger partial charge in [-0.3, -0.25) is 0 Å². The molecule has 2 heteroatoms. The van der Waals surface area contributed by atoms with E-state index in [4.69, 9.17) is 0 Å². The van der Waals surface area contributed by atoms with Gasteiger partial charge in [-0.25, -0.2) is 0 Å². The molecule has 104 valence electrons. The first-order valence-corrected chi connectivity index (χ1v) is 7.65. The van der Waals surface area contributed by atoms with Crippen LogP contribution in [-0.4, -0.2) is 30.2 Å². The molecule has 2 aliphatic heterocycles. The van der Waals surface area contributed by atoms with Gasteiger partial charge in [0.15, 0.2) is 0 Å². The van der Waals surface area contributed by atoms with Crippen LogP contribution >= 0.6 is 0 Å². The highest BCUT2D eigenvalue weighted by Gasteiger charge is 2.54. The summed E-state index contributed by atoms with van der Waals surface area (Å²) in [4.78, 5) is 0. The van der Waals surface area contributed by atoms with Gasteiger partial charge in [0.2, 0.25) is 0 Å². The van der Waals surface area contributed by atoms with Crippen LogP contribution in [0, 0.1) is 5.92 Å². The average Bonchev–Trinajstić information content (AvgIpc) is 2.79. The van der Waals surface area contributed by atoms with Crippen LogP contribution in [0.1, 0.15) is 58.8 Å². The zero-order chi connectivity index (χ0) is 12.1. The summed E-state index contributed by atoms with van der Waals surface area (Å²) in [6.07, 6.45) is 9.97. The molecular formula is C16H28IN. The van der Waals surface area contributed by atoms with Crippen LogP contribution in [0.5, 0.6) is 0 Å². The molecule has 3 aliphatic rings. The van der Waals surface area contributed by atoms with E-state index in [-0.39, 0.29) is 24.0 Å². The van der Waals surface area contributed by atoms with E-state index in [1.807, 2.05) is 11.1 Å². The maximum atomic E-state index is 2.58. The molecule has 0 spiro atoms. The number of quaternary nitrogens is 1. The summed E-state index contributed by atoms with van der Waals surface area (Å²) in [5.41, 5.74) is 4.26. The third-order valence-electron chi connectivity index (χ3n) is 6.36. The van der Waals surface area contributed by atoms with Crippen LogP contribution in [-0.2, 0) is 0 Å². The normalized spacial score (nSPS) is 43.2. The molecule has 18 heavy (non-hydrogen) atoms. The van der Waals surface area contributed by atoms with Crippen molar-refractivity contribution in [3.8, 4) is 0 Å². The second-order valence-electron chi connectivity index (χ2n) is 7.07. The number of likely N-dealkylation sites (N-methyl/N-ethyl adjacent to an activating group) is 1. The van der Waals surface area contributed by atoms with Crippen LogP contribution in [0.4, 0.5) is 0 Å². The Bertz CT molecular complexity index is 362. The summed E-state index contributed by atoms with van der Waals surface area (Å²) in [5, 5.41) is 0. The van der Waals surface area contributed by atoms with E-state index in [1.54, 1.807) is 0 Å². The molecule has 2 heterocycles. The van der Waals surface area contributed by atoms with Crippen LogP contribution in [0.2, 0.25) is 0 Å². The minimum Gasteiger partial charge on any atom is -1.00 e. The highest BCUT2D eigenvalue weighted by atomic mass is 127. The van der Waals surface area contributed by atoms with Gasteiger partial charge in [-0.1, -0.05) is 12.5 Å². The molecule has 0 aromatic rings. The molecule has 0 radical (unpaired) electrons. The summed E-state index contributed by atoms with van der Waals surface area (Å²) in [7, 11) is 2.55. The molecule has 0 bridgehead atoms. The topological polar surface area (TPSA) is 0 Å². The molecule has 1 fully saturated rings. The first kappa shape index (κ1) is 14.8. The summed E-state index contributed by atoms with van der Waals surface area (Å²) >= 11 is 0. The molecule has 1 nitrogen and oxygen atoms in total. The lowest BCUT2D eigenvalue weighted by Crippen LogP contribution is -3.00. The molecule has 0 N–H and O–H groups in total. The average molecular weight is 361 g/mol. The third-order valence-corrected chi connectivity index (χ3v) is 6.36. The summed E-state index contributed by atoms with van der Waals surface area (Å²) in [6.45, 7) is 7.80. The number of hydrogen-bond donors (Lipinski definition) is 0. The van der Waals surface area contributed by atoms with Crippen molar-refractivity contribution in [2.75, 3.05) is 20.1 Å². The number of nitrogens with zero attached hydrogens (tertiary/aromatic N) is 1. The zero-order valence-electron chi connectivity index (χ0n) is 12.3. The van der Waals surface area contributed by atoms with Gasteiger partial charge < -0.3 is 28.5 Å². The largest absolute Gasteiger partial charge is 1.00 e. The van der Waals surface area contributed by atoms with E-state index in [1.165, 1.54) is 62.5 Å². The Morgan fingerprint density at radius 1 is 1.28 bits per heavy atom. The summed E-state index contributed by atoms with van der Waals surface area (Å²) < 4.78 is 1.35. The maximum Gasteiger partial charge on any atom is 0.118 e. The second-order valence-corrected chi connectivity index (χ2v) is 7.07. The van der Waals surface area contributed by atoms with E-state index in [9.17, 15) is 0 Å². The van der Waals surface area contributed by atoms with Crippen LogP contribution in [0.3, 0.4) is 0 Å². The Morgan fingerprint density at radius 3 is 2.78 bits per heavy atom. The Labute approximate surface area is 130 Å². The quantitative estimate of drug-likeness (QED) is 0.370. The van der Waals surface area contributed by atoms with Crippen molar-refractivity contribution >= 4 is 0 Å².